The summed E-state index contributed by atoms with van der Waals surface area (Å²) < 4.78 is 10.8. The second kappa shape index (κ2) is 7.40. The average molecular weight is 366 g/mol. The van der Waals surface area contributed by atoms with Gasteiger partial charge in [-0.25, -0.2) is 9.97 Å². The van der Waals surface area contributed by atoms with Crippen molar-refractivity contribution in [1.29, 1.82) is 0 Å². The van der Waals surface area contributed by atoms with Crippen molar-refractivity contribution in [2.24, 2.45) is 0 Å². The first-order valence-corrected chi connectivity index (χ1v) is 8.54. The van der Waals surface area contributed by atoms with Gasteiger partial charge in [-0.1, -0.05) is 6.07 Å². The molecule has 1 aliphatic rings. The van der Waals surface area contributed by atoms with E-state index in [-0.39, 0.29) is 17.7 Å². The van der Waals surface area contributed by atoms with E-state index in [1.807, 2.05) is 23.1 Å². The quantitative estimate of drug-likeness (QED) is 0.685. The van der Waals surface area contributed by atoms with Gasteiger partial charge in [-0.05, 0) is 24.3 Å². The lowest BCUT2D eigenvalue weighted by atomic mass is 10.2. The Bertz CT molecular complexity index is 922. The van der Waals surface area contributed by atoms with E-state index in [2.05, 4.69) is 20.2 Å². The maximum Gasteiger partial charge on any atom is 0.311 e. The molecular formula is C18H18N6O3. The van der Waals surface area contributed by atoms with Gasteiger partial charge in [0.15, 0.2) is 0 Å². The molecule has 27 heavy (non-hydrogen) atoms. The minimum atomic E-state index is -0.273. The summed E-state index contributed by atoms with van der Waals surface area (Å²) in [6.07, 6.45) is 3.41. The van der Waals surface area contributed by atoms with Gasteiger partial charge in [-0.3, -0.25) is 4.79 Å². The fourth-order valence-electron chi connectivity index (χ4n) is 2.88. The Morgan fingerprint density at radius 2 is 1.85 bits per heavy atom. The van der Waals surface area contributed by atoms with Gasteiger partial charge in [-0.2, -0.15) is 0 Å². The molecule has 0 bridgehead atoms. The number of amides is 1. The van der Waals surface area contributed by atoms with Gasteiger partial charge in [0, 0.05) is 44.1 Å². The van der Waals surface area contributed by atoms with Crippen molar-refractivity contribution >= 4 is 11.9 Å². The zero-order valence-electron chi connectivity index (χ0n) is 14.8. The summed E-state index contributed by atoms with van der Waals surface area (Å²) in [7, 11) is 1.59. The molecule has 0 saturated carbocycles. The molecule has 0 aliphatic carbocycles. The fraction of sp³-hybridized carbons (Fsp3) is 0.278. The normalized spacial score (nSPS) is 14.3. The molecule has 138 valence electrons. The van der Waals surface area contributed by atoms with E-state index in [0.717, 1.165) is 0 Å². The van der Waals surface area contributed by atoms with Gasteiger partial charge < -0.3 is 19.0 Å². The highest BCUT2D eigenvalue weighted by molar-refractivity contribution is 5.90. The summed E-state index contributed by atoms with van der Waals surface area (Å²) >= 11 is 0. The van der Waals surface area contributed by atoms with Gasteiger partial charge in [0.1, 0.15) is 5.75 Å². The number of anilines is 1. The molecule has 9 nitrogen and oxygen atoms in total. The molecule has 3 heterocycles. The molecule has 1 aliphatic heterocycles. The van der Waals surface area contributed by atoms with Crippen molar-refractivity contribution < 1.29 is 13.9 Å². The maximum atomic E-state index is 12.7. The molecule has 2 aromatic heterocycles. The number of hydrogen-bond donors (Lipinski definition) is 0. The second-order valence-electron chi connectivity index (χ2n) is 5.97. The van der Waals surface area contributed by atoms with E-state index in [1.165, 1.54) is 0 Å². The highest BCUT2D eigenvalue weighted by atomic mass is 16.5. The van der Waals surface area contributed by atoms with Crippen LogP contribution in [0.1, 0.15) is 10.7 Å². The summed E-state index contributed by atoms with van der Waals surface area (Å²) in [5, 5.41) is 7.90. The van der Waals surface area contributed by atoms with Crippen molar-refractivity contribution in [3.63, 3.8) is 0 Å². The highest BCUT2D eigenvalue weighted by Crippen LogP contribution is 2.23. The number of benzene rings is 1. The summed E-state index contributed by atoms with van der Waals surface area (Å²) in [6.45, 7) is 2.36. The van der Waals surface area contributed by atoms with Gasteiger partial charge >= 0.3 is 11.8 Å². The zero-order valence-corrected chi connectivity index (χ0v) is 14.8. The molecule has 1 fully saturated rings. The monoisotopic (exact) mass is 366 g/mol. The Kier molecular flexibility index (Phi) is 4.65. The molecule has 9 heteroatoms. The van der Waals surface area contributed by atoms with Crippen LogP contribution in [0.5, 0.6) is 5.75 Å². The van der Waals surface area contributed by atoms with Crippen LogP contribution in [0.25, 0.3) is 11.5 Å². The van der Waals surface area contributed by atoms with Crippen molar-refractivity contribution in [1.82, 2.24) is 25.1 Å². The minimum absolute atomic E-state index is 0.0165. The summed E-state index contributed by atoms with van der Waals surface area (Å²) in [4.78, 5) is 24.9. The standard InChI is InChI=1S/C18H18N6O3/c1-26-14-5-2-4-13(12-14)15-21-22-16(27-15)17(25)23-8-10-24(11-9-23)18-19-6-3-7-20-18/h2-7,12H,8-11H2,1H3. The molecular weight excluding hydrogens is 348 g/mol. The lowest BCUT2D eigenvalue weighted by Gasteiger charge is -2.33. The van der Waals surface area contributed by atoms with Crippen molar-refractivity contribution in [2.75, 3.05) is 38.2 Å². The zero-order chi connectivity index (χ0) is 18.6. The van der Waals surface area contributed by atoms with Crippen molar-refractivity contribution in [2.45, 2.75) is 0 Å². The van der Waals surface area contributed by atoms with Crippen LogP contribution in [0.2, 0.25) is 0 Å². The molecule has 0 N–H and O–H groups in total. The number of piperazine rings is 1. The Labute approximate surface area is 155 Å². The highest BCUT2D eigenvalue weighted by Gasteiger charge is 2.27. The molecule has 0 spiro atoms. The second-order valence-corrected chi connectivity index (χ2v) is 5.97. The molecule has 1 aromatic carbocycles. The topological polar surface area (TPSA) is 97.5 Å². The minimum Gasteiger partial charge on any atom is -0.497 e. The predicted octanol–water partition coefficient (Wildman–Crippen LogP) is 1.50. The number of hydrogen-bond acceptors (Lipinski definition) is 8. The first-order chi connectivity index (χ1) is 13.2. The van der Waals surface area contributed by atoms with E-state index in [0.29, 0.717) is 43.4 Å². The Hall–Kier alpha value is -3.49. The number of aromatic nitrogens is 4. The number of nitrogens with zero attached hydrogens (tertiary/aromatic N) is 6. The Balaban J connectivity index is 1.43. The number of ether oxygens (including phenoxy) is 1. The van der Waals surface area contributed by atoms with Gasteiger partial charge in [0.2, 0.25) is 11.8 Å². The molecule has 0 unspecified atom stereocenters. The van der Waals surface area contributed by atoms with Crippen molar-refractivity contribution in [3.8, 4) is 17.2 Å². The predicted molar refractivity (Wildman–Crippen MR) is 96.4 cm³/mol. The first kappa shape index (κ1) is 17.0. The third-order valence-corrected chi connectivity index (χ3v) is 4.33. The Morgan fingerprint density at radius 1 is 1.07 bits per heavy atom. The van der Waals surface area contributed by atoms with Crippen LogP contribution in [0.4, 0.5) is 5.95 Å². The van der Waals surface area contributed by atoms with Crippen LogP contribution >= 0.6 is 0 Å². The van der Waals surface area contributed by atoms with Crippen LogP contribution in [0, 0.1) is 0 Å². The lowest BCUT2D eigenvalue weighted by molar-refractivity contribution is 0.0706. The lowest BCUT2D eigenvalue weighted by Crippen LogP contribution is -2.49. The third-order valence-electron chi connectivity index (χ3n) is 4.33. The van der Waals surface area contributed by atoms with E-state index in [9.17, 15) is 4.79 Å². The smallest absolute Gasteiger partial charge is 0.311 e. The van der Waals surface area contributed by atoms with Crippen LogP contribution in [0.3, 0.4) is 0 Å². The van der Waals surface area contributed by atoms with Gasteiger partial charge in [-0.15, -0.1) is 10.2 Å². The molecule has 4 rings (SSSR count). The summed E-state index contributed by atoms with van der Waals surface area (Å²) in [6, 6.07) is 9.02. The third kappa shape index (κ3) is 3.57. The largest absolute Gasteiger partial charge is 0.497 e. The van der Waals surface area contributed by atoms with E-state index in [1.54, 1.807) is 36.5 Å². The van der Waals surface area contributed by atoms with Gasteiger partial charge in [0.25, 0.3) is 0 Å². The van der Waals surface area contributed by atoms with Crippen molar-refractivity contribution in [3.05, 3.63) is 48.6 Å². The number of carbonyl (C=O) groups is 1. The first-order valence-electron chi connectivity index (χ1n) is 8.54. The number of carbonyl (C=O) groups excluding carboxylic acids is 1. The summed E-state index contributed by atoms with van der Waals surface area (Å²) in [5.41, 5.74) is 0.701. The molecule has 0 atom stereocenters. The maximum absolute atomic E-state index is 12.7. The Morgan fingerprint density at radius 3 is 2.59 bits per heavy atom. The summed E-state index contributed by atoms with van der Waals surface area (Å²) in [5.74, 6) is 1.34. The molecule has 3 aromatic rings. The number of rotatable bonds is 4. The van der Waals surface area contributed by atoms with E-state index >= 15 is 0 Å². The van der Waals surface area contributed by atoms with E-state index in [4.69, 9.17) is 9.15 Å². The SMILES string of the molecule is COc1cccc(-c2nnc(C(=O)N3CCN(c4ncccn4)CC3)o2)c1. The van der Waals surface area contributed by atoms with Gasteiger partial charge in [0.05, 0.1) is 7.11 Å². The number of methoxy groups -OCH3 is 1. The van der Waals surface area contributed by atoms with Crippen LogP contribution in [-0.2, 0) is 0 Å². The fourth-order valence-corrected chi connectivity index (χ4v) is 2.88. The molecule has 1 saturated heterocycles. The average Bonchev–Trinajstić information content (AvgIpc) is 3.24. The van der Waals surface area contributed by atoms with Crippen LogP contribution in [-0.4, -0.2) is 64.3 Å². The molecule has 1 amide bonds. The van der Waals surface area contributed by atoms with E-state index < -0.39 is 0 Å². The van der Waals surface area contributed by atoms with Crippen LogP contribution in [0.15, 0.2) is 47.1 Å². The molecule has 0 radical (unpaired) electrons. The van der Waals surface area contributed by atoms with Crippen LogP contribution < -0.4 is 9.64 Å².